The summed E-state index contributed by atoms with van der Waals surface area (Å²) in [5.74, 6) is -1.10. The van der Waals surface area contributed by atoms with Gasteiger partial charge in [-0.15, -0.1) is 0 Å². The van der Waals surface area contributed by atoms with Crippen molar-refractivity contribution in [2.45, 2.75) is 37.6 Å². The molecule has 0 radical (unpaired) electrons. The number of benzene rings is 1. The highest BCUT2D eigenvalue weighted by atomic mass is 35.5. The largest absolute Gasteiger partial charge is 0.456 e. The first-order valence-electron chi connectivity index (χ1n) is 9.20. The second-order valence-corrected chi connectivity index (χ2v) is 9.67. The maximum Gasteiger partial charge on any atom is 0.321 e. The molecule has 1 fully saturated rings. The topological polar surface area (TPSA) is 85.7 Å². The van der Waals surface area contributed by atoms with Crippen molar-refractivity contribution in [3.8, 4) is 0 Å². The number of likely N-dealkylation sites (N-methyl/N-ethyl adjacent to an activating group) is 1. The van der Waals surface area contributed by atoms with Gasteiger partial charge in [0.05, 0.1) is 4.90 Å². The summed E-state index contributed by atoms with van der Waals surface area (Å²) in [4.78, 5) is 24.6. The van der Waals surface area contributed by atoms with Crippen LogP contribution in [0.3, 0.4) is 0 Å². The average molecular weight is 439 g/mol. The van der Waals surface area contributed by atoms with Crippen LogP contribution in [0.4, 0.5) is 0 Å². The van der Waals surface area contributed by atoms with Crippen molar-refractivity contribution in [1.29, 1.82) is 0 Å². The van der Waals surface area contributed by atoms with Gasteiger partial charge in [-0.2, -0.15) is 4.31 Å². The molecule has 0 atom stereocenters. The number of hydrogen-bond donors (Lipinski definition) is 0. The van der Waals surface area contributed by atoms with Gasteiger partial charge in [-0.1, -0.05) is 11.6 Å². The van der Waals surface area contributed by atoms with Gasteiger partial charge in [0, 0.05) is 35.1 Å². The first-order valence-corrected chi connectivity index (χ1v) is 11.0. The van der Waals surface area contributed by atoms with Crippen molar-refractivity contribution < 1.29 is 22.7 Å². The zero-order valence-electron chi connectivity index (χ0n) is 16.5. The van der Waals surface area contributed by atoms with Crippen molar-refractivity contribution in [2.75, 3.05) is 20.2 Å². The highest BCUT2D eigenvalue weighted by Crippen LogP contribution is 2.38. The third kappa shape index (κ3) is 4.71. The quantitative estimate of drug-likeness (QED) is 0.467. The normalized spacial score (nSPS) is 14.2. The van der Waals surface area contributed by atoms with E-state index in [0.717, 1.165) is 28.5 Å². The van der Waals surface area contributed by atoms with E-state index >= 15 is 0 Å². The maximum absolute atomic E-state index is 12.5. The van der Waals surface area contributed by atoms with Crippen molar-refractivity contribution in [3.63, 3.8) is 0 Å². The number of carbonyl (C=O) groups is 2. The number of hydrogen-bond acceptors (Lipinski definition) is 5. The summed E-state index contributed by atoms with van der Waals surface area (Å²) in [6, 6.07) is 7.89. The van der Waals surface area contributed by atoms with Crippen LogP contribution in [-0.4, -0.2) is 49.2 Å². The third-order valence-electron chi connectivity index (χ3n) is 4.93. The molecule has 1 aliphatic carbocycles. The van der Waals surface area contributed by atoms with Crippen LogP contribution in [-0.2, 0) is 19.6 Å². The molecule has 0 unspecified atom stereocenters. The van der Waals surface area contributed by atoms with Gasteiger partial charge >= 0.3 is 5.97 Å². The summed E-state index contributed by atoms with van der Waals surface area (Å²) >= 11 is 5.77. The fraction of sp³-hybridized carbons (Fsp3) is 0.400. The standard InChI is InChI=1S/C20H23ClN2O5S/c1-13-10-18(14(2)23(13)16-6-7-16)19(24)12-28-20(25)11-22(3)29(26,27)17-8-4-15(21)5-9-17/h4-5,8-10,16H,6-7,11-12H2,1-3H3. The molecule has 2 aromatic rings. The summed E-state index contributed by atoms with van der Waals surface area (Å²) in [5, 5.41) is 0.408. The number of rotatable bonds is 8. The Morgan fingerprint density at radius 1 is 1.21 bits per heavy atom. The van der Waals surface area contributed by atoms with Crippen molar-refractivity contribution in [2.24, 2.45) is 0 Å². The molecule has 1 heterocycles. The van der Waals surface area contributed by atoms with Crippen LogP contribution in [0.15, 0.2) is 35.2 Å². The third-order valence-corrected chi connectivity index (χ3v) is 7.00. The Hall–Kier alpha value is -2.16. The van der Waals surface area contributed by atoms with E-state index in [2.05, 4.69) is 4.57 Å². The van der Waals surface area contributed by atoms with Crippen LogP contribution in [0.2, 0.25) is 5.02 Å². The average Bonchev–Trinajstić information content (AvgIpc) is 3.44. The lowest BCUT2D eigenvalue weighted by atomic mass is 10.1. The molecule has 7 nitrogen and oxygen atoms in total. The molecule has 3 rings (SSSR count). The monoisotopic (exact) mass is 438 g/mol. The Bertz CT molecular complexity index is 1040. The minimum Gasteiger partial charge on any atom is -0.456 e. The molecule has 9 heteroatoms. The van der Waals surface area contributed by atoms with Gasteiger partial charge in [-0.25, -0.2) is 8.42 Å². The van der Waals surface area contributed by atoms with Crippen molar-refractivity contribution in [1.82, 2.24) is 8.87 Å². The lowest BCUT2D eigenvalue weighted by molar-refractivity contribution is -0.142. The molecule has 0 bridgehead atoms. The fourth-order valence-corrected chi connectivity index (χ4v) is 4.52. The van der Waals surface area contributed by atoms with Gasteiger partial charge in [0.25, 0.3) is 0 Å². The minimum absolute atomic E-state index is 0.0146. The van der Waals surface area contributed by atoms with Crippen LogP contribution in [0.1, 0.15) is 40.6 Å². The van der Waals surface area contributed by atoms with E-state index < -0.39 is 29.1 Å². The van der Waals surface area contributed by atoms with Crippen LogP contribution < -0.4 is 0 Å². The number of Topliss-reactive ketones (excluding diaryl/α,β-unsaturated/α-hetero) is 1. The van der Waals surface area contributed by atoms with Crippen molar-refractivity contribution >= 4 is 33.4 Å². The first kappa shape index (κ1) is 21.5. The molecular weight excluding hydrogens is 416 g/mol. The minimum atomic E-state index is -3.87. The number of halogens is 1. The van der Waals surface area contributed by atoms with E-state index in [0.29, 0.717) is 16.6 Å². The number of sulfonamides is 1. The highest BCUT2D eigenvalue weighted by Gasteiger charge is 2.29. The predicted octanol–water partition coefficient (Wildman–Crippen LogP) is 3.14. The highest BCUT2D eigenvalue weighted by molar-refractivity contribution is 7.89. The molecule has 0 saturated heterocycles. The second-order valence-electron chi connectivity index (χ2n) is 7.18. The fourth-order valence-electron chi connectivity index (χ4n) is 3.28. The Balaban J connectivity index is 1.59. The van der Waals surface area contributed by atoms with E-state index in [1.165, 1.54) is 31.3 Å². The van der Waals surface area contributed by atoms with Gasteiger partial charge in [0.15, 0.2) is 6.61 Å². The molecule has 0 aliphatic heterocycles. The summed E-state index contributed by atoms with van der Waals surface area (Å²) in [6.07, 6.45) is 2.21. The molecule has 1 aliphatic rings. The number of nitrogens with zero attached hydrogens (tertiary/aromatic N) is 2. The Morgan fingerprint density at radius 3 is 2.41 bits per heavy atom. The molecule has 156 valence electrons. The molecule has 1 aromatic carbocycles. The summed E-state index contributed by atoms with van der Waals surface area (Å²) in [7, 11) is -2.59. The van der Waals surface area contributed by atoms with E-state index in [1.54, 1.807) is 6.07 Å². The molecule has 29 heavy (non-hydrogen) atoms. The lowest BCUT2D eigenvalue weighted by Gasteiger charge is -2.16. The number of ether oxygens (including phenoxy) is 1. The lowest BCUT2D eigenvalue weighted by Crippen LogP contribution is -2.33. The van der Waals surface area contributed by atoms with Gasteiger partial charge in [-0.3, -0.25) is 9.59 Å². The zero-order chi connectivity index (χ0) is 21.3. The van der Waals surface area contributed by atoms with Crippen LogP contribution >= 0.6 is 11.6 Å². The predicted molar refractivity (Wildman–Crippen MR) is 109 cm³/mol. The number of aromatic nitrogens is 1. The first-order chi connectivity index (χ1) is 13.6. The van der Waals surface area contributed by atoms with E-state index in [4.69, 9.17) is 16.3 Å². The van der Waals surface area contributed by atoms with E-state index in [-0.39, 0.29) is 10.7 Å². The summed E-state index contributed by atoms with van der Waals surface area (Å²) in [6.45, 7) is 2.90. The SMILES string of the molecule is Cc1cc(C(=O)COC(=O)CN(C)S(=O)(=O)c2ccc(Cl)cc2)c(C)n1C1CC1. The van der Waals surface area contributed by atoms with Gasteiger partial charge in [0.1, 0.15) is 6.54 Å². The molecule has 0 amide bonds. The van der Waals surface area contributed by atoms with E-state index in [1.807, 2.05) is 13.8 Å². The molecule has 0 spiro atoms. The van der Waals surface area contributed by atoms with Gasteiger partial charge < -0.3 is 9.30 Å². The Kier molecular flexibility index (Phi) is 6.16. The number of aryl methyl sites for hydroxylation is 1. The molecule has 1 aromatic heterocycles. The van der Waals surface area contributed by atoms with Crippen LogP contribution in [0.25, 0.3) is 0 Å². The van der Waals surface area contributed by atoms with Gasteiger partial charge in [0.2, 0.25) is 15.8 Å². The Morgan fingerprint density at radius 2 is 1.83 bits per heavy atom. The summed E-state index contributed by atoms with van der Waals surface area (Å²) in [5.41, 5.74) is 2.41. The van der Waals surface area contributed by atoms with Crippen LogP contribution in [0, 0.1) is 13.8 Å². The number of esters is 1. The zero-order valence-corrected chi connectivity index (χ0v) is 18.1. The van der Waals surface area contributed by atoms with E-state index in [9.17, 15) is 18.0 Å². The molecule has 0 N–H and O–H groups in total. The number of ketones is 1. The second kappa shape index (κ2) is 8.30. The number of carbonyl (C=O) groups excluding carboxylic acids is 2. The van der Waals surface area contributed by atoms with Gasteiger partial charge in [-0.05, 0) is 57.0 Å². The van der Waals surface area contributed by atoms with Crippen LogP contribution in [0.5, 0.6) is 0 Å². The van der Waals surface area contributed by atoms with Crippen molar-refractivity contribution in [3.05, 3.63) is 52.3 Å². The maximum atomic E-state index is 12.5. The summed E-state index contributed by atoms with van der Waals surface area (Å²) < 4.78 is 33.0. The molecule has 1 saturated carbocycles. The Labute approximate surface area is 175 Å². The smallest absolute Gasteiger partial charge is 0.321 e. The molecular formula is C20H23ClN2O5S.